The highest BCUT2D eigenvalue weighted by molar-refractivity contribution is 7.90. The van der Waals surface area contributed by atoms with Crippen LogP contribution in [-0.2, 0) is 19.4 Å². The van der Waals surface area contributed by atoms with E-state index in [1.165, 1.54) is 17.0 Å². The Labute approximate surface area is 142 Å². The van der Waals surface area contributed by atoms with Gasteiger partial charge in [-0.15, -0.1) is 0 Å². The van der Waals surface area contributed by atoms with Crippen LogP contribution in [0.15, 0.2) is 23.1 Å². The highest BCUT2D eigenvalue weighted by Crippen LogP contribution is 2.37. The number of fused-ring (bicyclic) bond motifs is 1. The van der Waals surface area contributed by atoms with E-state index in [4.69, 9.17) is 0 Å². The van der Waals surface area contributed by atoms with Crippen LogP contribution in [0.3, 0.4) is 0 Å². The smallest absolute Gasteiger partial charge is 0.247 e. The lowest BCUT2D eigenvalue weighted by Gasteiger charge is -2.37. The summed E-state index contributed by atoms with van der Waals surface area (Å²) in [6.45, 7) is 1.70. The number of carbonyl (C=O) groups excluding carboxylic acids is 2. The van der Waals surface area contributed by atoms with Gasteiger partial charge in [-0.05, 0) is 38.0 Å². The van der Waals surface area contributed by atoms with Crippen molar-refractivity contribution in [2.75, 3.05) is 16.5 Å². The Bertz CT molecular complexity index is 782. The molecule has 2 aliphatic rings. The maximum absolute atomic E-state index is 13.0. The van der Waals surface area contributed by atoms with Gasteiger partial charge in [0.25, 0.3) is 0 Å². The van der Waals surface area contributed by atoms with Crippen molar-refractivity contribution < 1.29 is 18.0 Å². The van der Waals surface area contributed by atoms with Gasteiger partial charge in [-0.1, -0.05) is 19.3 Å². The van der Waals surface area contributed by atoms with Crippen molar-refractivity contribution in [2.24, 2.45) is 5.92 Å². The maximum Gasteiger partial charge on any atom is 0.247 e. The summed E-state index contributed by atoms with van der Waals surface area (Å²) < 4.78 is 23.5. The molecule has 130 valence electrons. The first-order chi connectivity index (χ1) is 11.3. The van der Waals surface area contributed by atoms with Gasteiger partial charge in [0.15, 0.2) is 9.84 Å². The van der Waals surface area contributed by atoms with Crippen LogP contribution in [0.4, 0.5) is 11.4 Å². The van der Waals surface area contributed by atoms with Crippen molar-refractivity contribution in [3.8, 4) is 0 Å². The Kier molecular flexibility index (Phi) is 4.38. The Morgan fingerprint density at radius 1 is 1.21 bits per heavy atom. The predicted octanol–water partition coefficient (Wildman–Crippen LogP) is 2.34. The van der Waals surface area contributed by atoms with Crippen LogP contribution in [0.5, 0.6) is 0 Å². The van der Waals surface area contributed by atoms with Gasteiger partial charge in [0.1, 0.15) is 6.04 Å². The third-order valence-corrected chi connectivity index (χ3v) is 5.98. The fourth-order valence-electron chi connectivity index (χ4n) is 3.47. The number of nitrogens with one attached hydrogen (secondary N) is 1. The summed E-state index contributed by atoms with van der Waals surface area (Å²) in [5, 5.41) is 2.71. The van der Waals surface area contributed by atoms with Gasteiger partial charge in [0.05, 0.1) is 16.3 Å². The number of amides is 2. The quantitative estimate of drug-likeness (QED) is 0.887. The fourth-order valence-corrected chi connectivity index (χ4v) is 4.12. The lowest BCUT2D eigenvalue weighted by Crippen LogP contribution is -2.51. The fraction of sp³-hybridized carbons (Fsp3) is 0.529. The van der Waals surface area contributed by atoms with E-state index >= 15 is 0 Å². The van der Waals surface area contributed by atoms with Crippen molar-refractivity contribution >= 4 is 33.0 Å². The molecule has 1 aromatic carbocycles. The van der Waals surface area contributed by atoms with Crippen molar-refractivity contribution in [1.29, 1.82) is 0 Å². The van der Waals surface area contributed by atoms with Crippen molar-refractivity contribution in [2.45, 2.75) is 50.0 Å². The molecule has 1 unspecified atom stereocenters. The summed E-state index contributed by atoms with van der Waals surface area (Å²) in [7, 11) is -3.38. The monoisotopic (exact) mass is 350 g/mol. The summed E-state index contributed by atoms with van der Waals surface area (Å²) in [6, 6.07) is 3.92. The second-order valence-corrected chi connectivity index (χ2v) is 8.68. The van der Waals surface area contributed by atoms with Crippen molar-refractivity contribution in [3.63, 3.8) is 0 Å². The molecule has 0 bridgehead atoms. The standard InChI is InChI=1S/C17H22N2O4S/c1-11-16(20)18-14-10-13(24(2,22)23)8-9-15(14)19(11)17(21)12-6-4-3-5-7-12/h8-12H,3-7H2,1-2H3,(H,18,20). The van der Waals surface area contributed by atoms with Gasteiger partial charge >= 0.3 is 0 Å². The molecule has 1 aromatic rings. The SMILES string of the molecule is CC1C(=O)Nc2cc(S(C)(=O)=O)ccc2N1C(=O)C1CCCCC1. The molecule has 3 rings (SSSR count). The third kappa shape index (κ3) is 3.05. The third-order valence-electron chi connectivity index (χ3n) is 4.87. The van der Waals surface area contributed by atoms with Crippen LogP contribution in [0.25, 0.3) is 0 Å². The number of carbonyl (C=O) groups is 2. The first-order valence-electron chi connectivity index (χ1n) is 8.27. The van der Waals surface area contributed by atoms with E-state index in [0.29, 0.717) is 11.4 Å². The molecule has 0 spiro atoms. The maximum atomic E-state index is 13.0. The van der Waals surface area contributed by atoms with Crippen molar-refractivity contribution in [1.82, 2.24) is 0 Å². The summed E-state index contributed by atoms with van der Waals surface area (Å²) >= 11 is 0. The zero-order chi connectivity index (χ0) is 17.5. The molecule has 2 amide bonds. The van der Waals surface area contributed by atoms with Crippen LogP contribution >= 0.6 is 0 Å². The molecule has 0 radical (unpaired) electrons. The first kappa shape index (κ1) is 17.0. The van der Waals surface area contributed by atoms with E-state index in [0.717, 1.165) is 38.4 Å². The highest BCUT2D eigenvalue weighted by Gasteiger charge is 2.37. The van der Waals surface area contributed by atoms with E-state index in [-0.39, 0.29) is 22.6 Å². The van der Waals surface area contributed by atoms with Crippen LogP contribution in [0.2, 0.25) is 0 Å². The van der Waals surface area contributed by atoms with Gasteiger partial charge in [0, 0.05) is 12.2 Å². The molecular weight excluding hydrogens is 328 g/mol. The Morgan fingerprint density at radius 3 is 2.50 bits per heavy atom. The van der Waals surface area contributed by atoms with E-state index < -0.39 is 15.9 Å². The highest BCUT2D eigenvalue weighted by atomic mass is 32.2. The van der Waals surface area contributed by atoms with Crippen LogP contribution in [0.1, 0.15) is 39.0 Å². The molecule has 1 saturated carbocycles. The minimum atomic E-state index is -3.38. The lowest BCUT2D eigenvalue weighted by atomic mass is 9.87. The topological polar surface area (TPSA) is 83.6 Å². The molecule has 24 heavy (non-hydrogen) atoms. The Hall–Kier alpha value is -1.89. The average Bonchev–Trinajstić information content (AvgIpc) is 2.55. The van der Waals surface area contributed by atoms with Gasteiger partial charge in [-0.3, -0.25) is 14.5 Å². The molecule has 1 aliphatic heterocycles. The molecular formula is C17H22N2O4S. The largest absolute Gasteiger partial charge is 0.322 e. The number of sulfone groups is 1. The minimum absolute atomic E-state index is 0.0367. The minimum Gasteiger partial charge on any atom is -0.322 e. The number of nitrogens with zero attached hydrogens (tertiary/aromatic N) is 1. The molecule has 7 heteroatoms. The molecule has 1 N–H and O–H groups in total. The van der Waals surface area contributed by atoms with Crippen LogP contribution in [-0.4, -0.2) is 32.5 Å². The summed E-state index contributed by atoms with van der Waals surface area (Å²) in [4.78, 5) is 26.9. The zero-order valence-electron chi connectivity index (χ0n) is 13.9. The number of benzene rings is 1. The zero-order valence-corrected chi connectivity index (χ0v) is 14.7. The average molecular weight is 350 g/mol. The normalized spacial score (nSPS) is 22.0. The first-order valence-corrected chi connectivity index (χ1v) is 10.2. The summed E-state index contributed by atoms with van der Waals surface area (Å²) in [5.74, 6) is -0.391. The second-order valence-electron chi connectivity index (χ2n) is 6.66. The van der Waals surface area contributed by atoms with Crippen LogP contribution < -0.4 is 10.2 Å². The number of hydrogen-bond donors (Lipinski definition) is 1. The number of hydrogen-bond acceptors (Lipinski definition) is 4. The Morgan fingerprint density at radius 2 is 1.88 bits per heavy atom. The van der Waals surface area contributed by atoms with Gasteiger partial charge in [-0.25, -0.2) is 8.42 Å². The van der Waals surface area contributed by atoms with E-state index in [1.807, 2.05) is 0 Å². The molecule has 1 aliphatic carbocycles. The number of rotatable bonds is 2. The molecule has 1 heterocycles. The van der Waals surface area contributed by atoms with E-state index in [2.05, 4.69) is 5.32 Å². The van der Waals surface area contributed by atoms with Crippen LogP contribution in [0, 0.1) is 5.92 Å². The molecule has 0 saturated heterocycles. The predicted molar refractivity (Wildman–Crippen MR) is 91.7 cm³/mol. The summed E-state index contributed by atoms with van der Waals surface area (Å²) in [5.41, 5.74) is 0.954. The van der Waals surface area contributed by atoms with Crippen molar-refractivity contribution in [3.05, 3.63) is 18.2 Å². The van der Waals surface area contributed by atoms with E-state index in [9.17, 15) is 18.0 Å². The molecule has 1 fully saturated rings. The molecule has 1 atom stereocenters. The lowest BCUT2D eigenvalue weighted by molar-refractivity contribution is -0.126. The summed E-state index contributed by atoms with van der Waals surface area (Å²) in [6.07, 6.45) is 6.03. The number of anilines is 2. The van der Waals surface area contributed by atoms with E-state index in [1.54, 1.807) is 13.0 Å². The second kappa shape index (κ2) is 6.20. The Balaban J connectivity index is 2.01. The van der Waals surface area contributed by atoms with Gasteiger partial charge in [-0.2, -0.15) is 0 Å². The molecule has 0 aromatic heterocycles. The van der Waals surface area contributed by atoms with Gasteiger partial charge in [0.2, 0.25) is 11.8 Å². The molecule has 6 nitrogen and oxygen atoms in total. The van der Waals surface area contributed by atoms with Gasteiger partial charge < -0.3 is 5.32 Å².